The summed E-state index contributed by atoms with van der Waals surface area (Å²) in [4.78, 5) is 19.9. The topological polar surface area (TPSA) is 52.1 Å². The van der Waals surface area contributed by atoms with Crippen LogP contribution in [0.2, 0.25) is 5.02 Å². The van der Waals surface area contributed by atoms with Crippen molar-refractivity contribution in [3.63, 3.8) is 0 Å². The van der Waals surface area contributed by atoms with Crippen molar-refractivity contribution in [2.24, 2.45) is 0 Å². The van der Waals surface area contributed by atoms with Crippen molar-refractivity contribution in [2.45, 2.75) is 19.3 Å². The first-order valence-corrected chi connectivity index (χ1v) is 6.85. The van der Waals surface area contributed by atoms with Crippen molar-refractivity contribution >= 4 is 44.4 Å². The quantitative estimate of drug-likeness (QED) is 0.605. The van der Waals surface area contributed by atoms with Crippen LogP contribution in [0.3, 0.4) is 0 Å². The maximum atomic E-state index is 14.2. The van der Waals surface area contributed by atoms with E-state index in [9.17, 15) is 9.18 Å². The van der Waals surface area contributed by atoms with Crippen molar-refractivity contribution in [3.05, 3.63) is 33.4 Å². The molecule has 2 aromatic rings. The Morgan fingerprint density at radius 3 is 2.70 bits per heavy atom. The summed E-state index contributed by atoms with van der Waals surface area (Å²) in [5.74, 6) is -1.06. The number of nitrogens with zero attached hydrogens (tertiary/aromatic N) is 2. The Morgan fingerprint density at radius 2 is 2.10 bits per heavy atom. The lowest BCUT2D eigenvalue weighted by Crippen LogP contribution is -2.31. The molecule has 0 unspecified atom stereocenters. The van der Waals surface area contributed by atoms with E-state index in [1.165, 1.54) is 19.5 Å². The first kappa shape index (κ1) is 15.1. The molecule has 0 aliphatic heterocycles. The van der Waals surface area contributed by atoms with Gasteiger partial charge in [0.25, 0.3) is 0 Å². The molecule has 106 valence electrons. The van der Waals surface area contributed by atoms with E-state index in [2.05, 4.69) is 25.9 Å². The standard InChI is InChI=1S/C13H11BrClFN2O2/c1-13(2,12(19)20-3)11-6-4-7(15)8(14)9(16)10(6)17-5-18-11/h4-5H,1-3H3. The summed E-state index contributed by atoms with van der Waals surface area (Å²) < 4.78 is 19.1. The van der Waals surface area contributed by atoms with Gasteiger partial charge < -0.3 is 4.74 Å². The van der Waals surface area contributed by atoms with Gasteiger partial charge in [-0.15, -0.1) is 0 Å². The molecule has 0 spiro atoms. The maximum absolute atomic E-state index is 14.2. The highest BCUT2D eigenvalue weighted by Crippen LogP contribution is 2.35. The molecule has 0 amide bonds. The molecule has 0 aliphatic carbocycles. The Balaban J connectivity index is 2.83. The number of aromatic nitrogens is 2. The number of carbonyl (C=O) groups excluding carboxylic acids is 1. The molecule has 1 heterocycles. The number of fused-ring (bicyclic) bond motifs is 1. The van der Waals surface area contributed by atoms with Crippen LogP contribution >= 0.6 is 27.5 Å². The molecule has 4 nitrogen and oxygen atoms in total. The Bertz CT molecular complexity index is 706. The smallest absolute Gasteiger partial charge is 0.317 e. The molecule has 0 radical (unpaired) electrons. The molecule has 2 rings (SSSR count). The fraction of sp³-hybridized carbons (Fsp3) is 0.308. The Kier molecular flexibility index (Phi) is 3.97. The first-order valence-electron chi connectivity index (χ1n) is 5.67. The monoisotopic (exact) mass is 360 g/mol. The number of hydrogen-bond donors (Lipinski definition) is 0. The third-order valence-corrected chi connectivity index (χ3v) is 4.35. The van der Waals surface area contributed by atoms with Crippen molar-refractivity contribution in [1.82, 2.24) is 9.97 Å². The second-order valence-electron chi connectivity index (χ2n) is 4.72. The van der Waals surface area contributed by atoms with Gasteiger partial charge in [-0.3, -0.25) is 4.79 Å². The SMILES string of the molecule is COC(=O)C(C)(C)c1ncnc2c(F)c(Br)c(Cl)cc12. The highest BCUT2D eigenvalue weighted by molar-refractivity contribution is 9.10. The molecule has 0 saturated heterocycles. The van der Waals surface area contributed by atoms with Crippen LogP contribution in [0, 0.1) is 5.82 Å². The van der Waals surface area contributed by atoms with Crippen molar-refractivity contribution in [1.29, 1.82) is 0 Å². The second-order valence-corrected chi connectivity index (χ2v) is 5.92. The average Bonchev–Trinajstić information content (AvgIpc) is 2.43. The summed E-state index contributed by atoms with van der Waals surface area (Å²) >= 11 is 9.03. The fourth-order valence-corrected chi connectivity index (χ4v) is 2.45. The molecule has 0 bridgehead atoms. The van der Waals surface area contributed by atoms with Gasteiger partial charge >= 0.3 is 5.97 Å². The van der Waals surface area contributed by atoms with Gasteiger partial charge in [0.2, 0.25) is 0 Å². The van der Waals surface area contributed by atoms with Crippen LogP contribution in [-0.2, 0) is 14.9 Å². The maximum Gasteiger partial charge on any atom is 0.317 e. The lowest BCUT2D eigenvalue weighted by molar-refractivity contribution is -0.146. The molecule has 0 aliphatic rings. The molecule has 1 aromatic heterocycles. The number of halogens is 3. The molecule has 1 aromatic carbocycles. The van der Waals surface area contributed by atoms with Crippen LogP contribution in [0.4, 0.5) is 4.39 Å². The van der Waals surface area contributed by atoms with Gasteiger partial charge in [0, 0.05) is 5.39 Å². The Hall–Kier alpha value is -1.27. The zero-order valence-electron chi connectivity index (χ0n) is 11.0. The summed E-state index contributed by atoms with van der Waals surface area (Å²) in [6.07, 6.45) is 1.21. The molecular weight excluding hydrogens is 351 g/mol. The number of carbonyl (C=O) groups is 1. The lowest BCUT2D eigenvalue weighted by Gasteiger charge is -2.22. The Labute approximate surface area is 128 Å². The van der Waals surface area contributed by atoms with Gasteiger partial charge in [0.15, 0.2) is 5.82 Å². The van der Waals surface area contributed by atoms with Gasteiger partial charge in [-0.25, -0.2) is 14.4 Å². The van der Waals surface area contributed by atoms with Crippen molar-refractivity contribution in [2.75, 3.05) is 7.11 Å². The van der Waals surface area contributed by atoms with Crippen LogP contribution in [-0.4, -0.2) is 23.0 Å². The highest BCUT2D eigenvalue weighted by atomic mass is 79.9. The van der Waals surface area contributed by atoms with Gasteiger partial charge in [0.1, 0.15) is 17.3 Å². The first-order chi connectivity index (χ1) is 9.30. The van der Waals surface area contributed by atoms with Gasteiger partial charge in [-0.05, 0) is 35.8 Å². The van der Waals surface area contributed by atoms with E-state index < -0.39 is 17.2 Å². The lowest BCUT2D eigenvalue weighted by atomic mass is 9.86. The third-order valence-electron chi connectivity index (χ3n) is 3.05. The number of benzene rings is 1. The van der Waals surface area contributed by atoms with E-state index in [0.29, 0.717) is 11.1 Å². The third kappa shape index (κ3) is 2.27. The molecule has 0 fully saturated rings. The average molecular weight is 362 g/mol. The van der Waals surface area contributed by atoms with E-state index in [-0.39, 0.29) is 15.0 Å². The number of ether oxygens (including phenoxy) is 1. The Morgan fingerprint density at radius 1 is 1.45 bits per heavy atom. The van der Waals surface area contributed by atoms with Crippen molar-refractivity contribution < 1.29 is 13.9 Å². The van der Waals surface area contributed by atoms with Crippen LogP contribution < -0.4 is 0 Å². The molecule has 0 saturated carbocycles. The van der Waals surface area contributed by atoms with E-state index in [0.717, 1.165) is 0 Å². The number of esters is 1. The molecule has 0 atom stereocenters. The van der Waals surface area contributed by atoms with Crippen LogP contribution in [0.15, 0.2) is 16.9 Å². The predicted molar refractivity (Wildman–Crippen MR) is 77.2 cm³/mol. The van der Waals surface area contributed by atoms with Crippen molar-refractivity contribution in [3.8, 4) is 0 Å². The van der Waals surface area contributed by atoms with E-state index in [1.807, 2.05) is 0 Å². The molecule has 0 N–H and O–H groups in total. The summed E-state index contributed by atoms with van der Waals surface area (Å²) in [7, 11) is 1.29. The van der Waals surface area contributed by atoms with Gasteiger partial charge in [-0.2, -0.15) is 0 Å². The molecular formula is C13H11BrClFN2O2. The molecule has 20 heavy (non-hydrogen) atoms. The van der Waals surface area contributed by atoms with Crippen LogP contribution in [0.25, 0.3) is 10.9 Å². The van der Waals surface area contributed by atoms with Gasteiger partial charge in [0.05, 0.1) is 22.3 Å². The van der Waals surface area contributed by atoms with E-state index >= 15 is 0 Å². The highest BCUT2D eigenvalue weighted by Gasteiger charge is 2.35. The van der Waals surface area contributed by atoms with Gasteiger partial charge in [-0.1, -0.05) is 11.6 Å². The van der Waals surface area contributed by atoms with Crippen LogP contribution in [0.5, 0.6) is 0 Å². The minimum atomic E-state index is -1.04. The normalized spacial score (nSPS) is 11.7. The summed E-state index contributed by atoms with van der Waals surface area (Å²) in [6, 6.07) is 1.53. The predicted octanol–water partition coefficient (Wildman–Crippen LogP) is 3.64. The number of hydrogen-bond acceptors (Lipinski definition) is 4. The number of rotatable bonds is 2. The minimum absolute atomic E-state index is 0.100. The fourth-order valence-electron chi connectivity index (χ4n) is 1.96. The number of methoxy groups -OCH3 is 1. The summed E-state index contributed by atoms with van der Waals surface area (Å²) in [5, 5.41) is 0.570. The summed E-state index contributed by atoms with van der Waals surface area (Å²) in [5.41, 5.74) is -0.578. The second kappa shape index (κ2) is 5.26. The summed E-state index contributed by atoms with van der Waals surface area (Å²) in [6.45, 7) is 3.29. The molecule has 7 heteroatoms. The van der Waals surface area contributed by atoms with E-state index in [1.54, 1.807) is 13.8 Å². The van der Waals surface area contributed by atoms with E-state index in [4.69, 9.17) is 16.3 Å². The van der Waals surface area contributed by atoms with Crippen LogP contribution in [0.1, 0.15) is 19.5 Å². The minimum Gasteiger partial charge on any atom is -0.468 e. The largest absolute Gasteiger partial charge is 0.468 e. The zero-order valence-corrected chi connectivity index (χ0v) is 13.3. The zero-order chi connectivity index (χ0) is 15.1.